The Morgan fingerprint density at radius 2 is 1.73 bits per heavy atom. The molecular formula is C31H33FN2O6. The van der Waals surface area contributed by atoms with Gasteiger partial charge in [0.1, 0.15) is 0 Å². The zero-order valence-electron chi connectivity index (χ0n) is 22.8. The van der Waals surface area contributed by atoms with Crippen LogP contribution in [0.2, 0.25) is 0 Å². The summed E-state index contributed by atoms with van der Waals surface area (Å²) in [6.07, 6.45) is 1.52. The van der Waals surface area contributed by atoms with Crippen molar-refractivity contribution in [3.63, 3.8) is 0 Å². The monoisotopic (exact) mass is 548 g/mol. The van der Waals surface area contributed by atoms with Gasteiger partial charge >= 0.3 is 5.97 Å². The lowest BCUT2D eigenvalue weighted by atomic mass is 9.82. The minimum Gasteiger partial charge on any atom is -0.494 e. The number of halogens is 1. The fraction of sp³-hybridized carbons (Fsp3) is 0.355. The van der Waals surface area contributed by atoms with Gasteiger partial charge < -0.3 is 24.6 Å². The number of hydrogen-bond acceptors (Lipinski definition) is 6. The van der Waals surface area contributed by atoms with E-state index in [1.165, 1.54) is 19.2 Å². The molecule has 9 heteroatoms. The van der Waals surface area contributed by atoms with Gasteiger partial charge in [-0.25, -0.2) is 4.39 Å². The van der Waals surface area contributed by atoms with Gasteiger partial charge in [-0.3, -0.25) is 14.5 Å². The number of methoxy groups -OCH3 is 1. The first-order chi connectivity index (χ1) is 19.3. The molecule has 210 valence electrons. The highest BCUT2D eigenvalue weighted by atomic mass is 19.1. The summed E-state index contributed by atoms with van der Waals surface area (Å²) in [7, 11) is 1.37. The van der Waals surface area contributed by atoms with Crippen molar-refractivity contribution in [3.8, 4) is 17.2 Å². The molecule has 0 aromatic heterocycles. The lowest BCUT2D eigenvalue weighted by molar-refractivity contribution is -0.143. The van der Waals surface area contributed by atoms with E-state index in [0.29, 0.717) is 17.1 Å². The third-order valence-corrected chi connectivity index (χ3v) is 7.84. The number of carbonyl (C=O) groups is 2. The number of anilines is 1. The van der Waals surface area contributed by atoms with E-state index < -0.39 is 29.7 Å². The Bertz CT molecular complexity index is 1400. The molecule has 40 heavy (non-hydrogen) atoms. The van der Waals surface area contributed by atoms with E-state index in [-0.39, 0.29) is 31.5 Å². The molecule has 3 atom stereocenters. The predicted molar refractivity (Wildman–Crippen MR) is 148 cm³/mol. The number of ether oxygens (including phenoxy) is 3. The third kappa shape index (κ3) is 5.21. The van der Waals surface area contributed by atoms with Gasteiger partial charge in [-0.15, -0.1) is 0 Å². The van der Waals surface area contributed by atoms with Crippen LogP contribution in [-0.4, -0.2) is 48.9 Å². The molecule has 0 radical (unpaired) electrons. The summed E-state index contributed by atoms with van der Waals surface area (Å²) in [5, 5.41) is 13.5. The largest absolute Gasteiger partial charge is 0.494 e. The van der Waals surface area contributed by atoms with Crippen molar-refractivity contribution in [2.24, 2.45) is 5.92 Å². The second-order valence-corrected chi connectivity index (χ2v) is 10.1. The summed E-state index contributed by atoms with van der Waals surface area (Å²) in [5.41, 5.74) is 4.08. The van der Waals surface area contributed by atoms with Crippen LogP contribution in [0.5, 0.6) is 17.2 Å². The maximum atomic E-state index is 14.8. The van der Waals surface area contributed by atoms with Crippen LogP contribution in [0, 0.1) is 11.7 Å². The normalized spacial score (nSPS) is 19.9. The lowest BCUT2D eigenvalue weighted by Crippen LogP contribution is -2.35. The van der Waals surface area contributed by atoms with Gasteiger partial charge in [0.15, 0.2) is 23.1 Å². The van der Waals surface area contributed by atoms with Crippen molar-refractivity contribution in [1.82, 2.24) is 4.90 Å². The van der Waals surface area contributed by atoms with Crippen molar-refractivity contribution in [2.45, 2.75) is 38.6 Å². The van der Waals surface area contributed by atoms with Crippen LogP contribution in [0.4, 0.5) is 10.1 Å². The number of aryl methyl sites for hydroxylation is 2. The fourth-order valence-electron chi connectivity index (χ4n) is 5.90. The Morgan fingerprint density at radius 3 is 2.38 bits per heavy atom. The maximum Gasteiger partial charge on any atom is 0.309 e. The van der Waals surface area contributed by atoms with E-state index in [4.69, 9.17) is 14.2 Å². The number of nitrogens with one attached hydrogen (secondary N) is 1. The van der Waals surface area contributed by atoms with Crippen LogP contribution in [0.15, 0.2) is 54.6 Å². The van der Waals surface area contributed by atoms with Gasteiger partial charge in [0.05, 0.1) is 19.6 Å². The molecule has 2 aliphatic rings. The Labute approximate surface area is 232 Å². The molecule has 3 aromatic rings. The van der Waals surface area contributed by atoms with Crippen molar-refractivity contribution < 1.29 is 33.3 Å². The quantitative estimate of drug-likeness (QED) is 0.381. The standard InChI is InChI=1S/C31H33FN2O6/c1-4-18-7-6-8-19(5-2)29(18)33-27(35)16-34-15-22(20-9-12-25-26(14-20)40-17-39-25)28(31(36)37)30(34)21-10-11-24(38-3)23(32)13-21/h6-14,22,28,30H,4-5,15-17H2,1-3H3,(H,33,35)(H,36,37)/t22-,28+,30-/m1/s1. The summed E-state index contributed by atoms with van der Waals surface area (Å²) in [5.74, 6) is -2.10. The molecule has 0 aliphatic carbocycles. The molecule has 5 rings (SSSR count). The van der Waals surface area contributed by atoms with Gasteiger partial charge in [0, 0.05) is 24.2 Å². The summed E-state index contributed by atoms with van der Waals surface area (Å²) < 4.78 is 30.9. The number of fused-ring (bicyclic) bond motifs is 1. The van der Waals surface area contributed by atoms with E-state index in [0.717, 1.165) is 35.2 Å². The average molecular weight is 549 g/mol. The molecule has 2 heterocycles. The topological polar surface area (TPSA) is 97.3 Å². The Hall–Kier alpha value is -4.11. The molecule has 0 unspecified atom stereocenters. The van der Waals surface area contributed by atoms with Gasteiger partial charge in [-0.05, 0) is 59.4 Å². The number of amides is 1. The van der Waals surface area contributed by atoms with Crippen LogP contribution in [-0.2, 0) is 22.4 Å². The first kappa shape index (κ1) is 27.5. The SMILES string of the molecule is CCc1cccc(CC)c1NC(=O)CN1C[C@H](c2ccc3c(c2)OCO3)[C@H](C(=O)O)[C@H]1c1ccc(OC)c(F)c1. The van der Waals surface area contributed by atoms with Crippen molar-refractivity contribution in [2.75, 3.05) is 32.3 Å². The van der Waals surface area contributed by atoms with E-state index in [9.17, 15) is 19.1 Å². The van der Waals surface area contributed by atoms with Crippen LogP contribution in [0.3, 0.4) is 0 Å². The number of para-hydroxylation sites is 1. The van der Waals surface area contributed by atoms with E-state index in [1.807, 2.05) is 43.0 Å². The van der Waals surface area contributed by atoms with Crippen molar-refractivity contribution in [1.29, 1.82) is 0 Å². The van der Waals surface area contributed by atoms with Crippen molar-refractivity contribution in [3.05, 3.63) is 82.7 Å². The van der Waals surface area contributed by atoms with Crippen LogP contribution < -0.4 is 19.5 Å². The summed E-state index contributed by atoms with van der Waals surface area (Å²) in [6, 6.07) is 15.0. The number of carboxylic acids is 1. The average Bonchev–Trinajstić information content (AvgIpc) is 3.57. The summed E-state index contributed by atoms with van der Waals surface area (Å²) in [4.78, 5) is 28.1. The third-order valence-electron chi connectivity index (χ3n) is 7.84. The number of rotatable bonds is 9. The molecule has 1 saturated heterocycles. The van der Waals surface area contributed by atoms with Gasteiger partial charge in [0.2, 0.25) is 12.7 Å². The van der Waals surface area contributed by atoms with Gasteiger partial charge in [-0.2, -0.15) is 0 Å². The molecule has 2 N–H and O–H groups in total. The number of nitrogens with zero attached hydrogens (tertiary/aromatic N) is 1. The molecule has 0 saturated carbocycles. The van der Waals surface area contributed by atoms with E-state index >= 15 is 0 Å². The highest BCUT2D eigenvalue weighted by Gasteiger charge is 2.48. The second kappa shape index (κ2) is 11.6. The van der Waals surface area contributed by atoms with E-state index in [1.54, 1.807) is 18.2 Å². The first-order valence-electron chi connectivity index (χ1n) is 13.4. The lowest BCUT2D eigenvalue weighted by Gasteiger charge is -2.27. The van der Waals surface area contributed by atoms with Crippen LogP contribution in [0.1, 0.15) is 48.1 Å². The number of carboxylic acid groups (broad SMARTS) is 1. The summed E-state index contributed by atoms with van der Waals surface area (Å²) in [6.45, 7) is 4.38. The Morgan fingerprint density at radius 1 is 1.02 bits per heavy atom. The fourth-order valence-corrected chi connectivity index (χ4v) is 5.90. The molecule has 1 amide bonds. The highest BCUT2D eigenvalue weighted by molar-refractivity contribution is 5.94. The minimum atomic E-state index is -1.03. The van der Waals surface area contributed by atoms with Crippen LogP contribution in [0.25, 0.3) is 0 Å². The van der Waals surface area contributed by atoms with Crippen LogP contribution >= 0.6 is 0 Å². The van der Waals surface area contributed by atoms with E-state index in [2.05, 4.69) is 5.32 Å². The molecular weight excluding hydrogens is 515 g/mol. The summed E-state index contributed by atoms with van der Waals surface area (Å²) >= 11 is 0. The molecule has 3 aromatic carbocycles. The molecule has 0 bridgehead atoms. The van der Waals surface area contributed by atoms with Crippen molar-refractivity contribution >= 4 is 17.6 Å². The first-order valence-corrected chi connectivity index (χ1v) is 13.4. The zero-order chi connectivity index (χ0) is 28.4. The Kier molecular flexibility index (Phi) is 7.93. The molecule has 1 fully saturated rings. The smallest absolute Gasteiger partial charge is 0.309 e. The maximum absolute atomic E-state index is 14.8. The van der Waals surface area contributed by atoms with Gasteiger partial charge in [-0.1, -0.05) is 44.2 Å². The highest BCUT2D eigenvalue weighted by Crippen LogP contribution is 2.48. The second-order valence-electron chi connectivity index (χ2n) is 10.1. The number of hydrogen-bond donors (Lipinski definition) is 2. The zero-order valence-corrected chi connectivity index (χ0v) is 22.8. The number of aliphatic carboxylic acids is 1. The predicted octanol–water partition coefficient (Wildman–Crippen LogP) is 5.17. The minimum absolute atomic E-state index is 0.0634. The molecule has 2 aliphatic heterocycles. The number of benzene rings is 3. The number of likely N-dealkylation sites (tertiary alicyclic amines) is 1. The Balaban J connectivity index is 1.51. The van der Waals surface area contributed by atoms with Gasteiger partial charge in [0.25, 0.3) is 0 Å². The molecule has 8 nitrogen and oxygen atoms in total. The molecule has 0 spiro atoms. The number of carbonyl (C=O) groups excluding carboxylic acids is 1.